The van der Waals surface area contributed by atoms with Gasteiger partial charge in [-0.3, -0.25) is 0 Å². The number of rotatable bonds is 5. The van der Waals surface area contributed by atoms with Crippen LogP contribution in [0, 0.1) is 0 Å². The average molecular weight is 602 g/mol. The molecule has 4 heteroatoms. The van der Waals surface area contributed by atoms with Crippen molar-refractivity contribution in [3.05, 3.63) is 164 Å². The number of benzene rings is 7. The van der Waals surface area contributed by atoms with Gasteiger partial charge in [0.15, 0.2) is 17.5 Å². The first kappa shape index (κ1) is 27.0. The van der Waals surface area contributed by atoms with E-state index < -0.39 is 0 Å². The predicted octanol–water partition coefficient (Wildman–Crippen LogP) is 11.3. The molecule has 4 nitrogen and oxygen atoms in total. The largest absolute Gasteiger partial charge is 0.456 e. The summed E-state index contributed by atoms with van der Waals surface area (Å²) in [6.45, 7) is 0. The molecule has 0 fully saturated rings. The van der Waals surface area contributed by atoms with Crippen LogP contribution in [0.5, 0.6) is 0 Å². The molecule has 9 rings (SSSR count). The van der Waals surface area contributed by atoms with Gasteiger partial charge in [-0.2, -0.15) is 0 Å². The molecule has 47 heavy (non-hydrogen) atoms. The van der Waals surface area contributed by atoms with Gasteiger partial charge in [0, 0.05) is 27.5 Å². The summed E-state index contributed by atoms with van der Waals surface area (Å²) in [4.78, 5) is 15.2. The zero-order chi connectivity index (χ0) is 31.2. The quantitative estimate of drug-likeness (QED) is 0.197. The monoisotopic (exact) mass is 601 g/mol. The van der Waals surface area contributed by atoms with Gasteiger partial charge < -0.3 is 4.42 Å². The standard InChI is InChI=1S/C43H27N3O/c1-4-11-28(12-5-1)31-19-20-33-26-35(22-21-32(33)25-31)42-44-41(30-15-8-3-9-16-30)45-43(46-42)36-17-10-18-39-40(36)37-27-34(23-24-38(37)47-39)29-13-6-2-7-14-29/h1-27H. The Bertz CT molecular complexity index is 2560. The molecular weight excluding hydrogens is 574 g/mol. The first-order valence-electron chi connectivity index (χ1n) is 15.7. The lowest BCUT2D eigenvalue weighted by Gasteiger charge is -2.10. The van der Waals surface area contributed by atoms with Gasteiger partial charge in [-0.25, -0.2) is 15.0 Å². The van der Waals surface area contributed by atoms with Crippen molar-refractivity contribution in [3.63, 3.8) is 0 Å². The van der Waals surface area contributed by atoms with Crippen LogP contribution in [0.25, 0.3) is 89.1 Å². The van der Waals surface area contributed by atoms with Crippen LogP contribution < -0.4 is 0 Å². The van der Waals surface area contributed by atoms with Gasteiger partial charge >= 0.3 is 0 Å². The lowest BCUT2D eigenvalue weighted by molar-refractivity contribution is 0.669. The second-order valence-electron chi connectivity index (χ2n) is 11.7. The van der Waals surface area contributed by atoms with E-state index in [0.29, 0.717) is 17.5 Å². The van der Waals surface area contributed by atoms with Crippen LogP contribution in [-0.2, 0) is 0 Å². The maximum atomic E-state index is 6.35. The molecule has 0 saturated carbocycles. The Morgan fingerprint density at radius 2 is 0.872 bits per heavy atom. The molecule has 220 valence electrons. The summed E-state index contributed by atoms with van der Waals surface area (Å²) in [6, 6.07) is 56.4. The zero-order valence-corrected chi connectivity index (χ0v) is 25.3. The molecule has 0 aliphatic heterocycles. The third-order valence-electron chi connectivity index (χ3n) is 8.72. The van der Waals surface area contributed by atoms with E-state index in [2.05, 4.69) is 103 Å². The molecule has 0 saturated heterocycles. The summed E-state index contributed by atoms with van der Waals surface area (Å²) in [5.74, 6) is 1.85. The molecule has 2 heterocycles. The predicted molar refractivity (Wildman–Crippen MR) is 192 cm³/mol. The van der Waals surface area contributed by atoms with E-state index >= 15 is 0 Å². The van der Waals surface area contributed by atoms with E-state index in [-0.39, 0.29) is 0 Å². The van der Waals surface area contributed by atoms with Crippen LogP contribution in [0.1, 0.15) is 0 Å². The molecule has 9 aromatic rings. The second-order valence-corrected chi connectivity index (χ2v) is 11.7. The topological polar surface area (TPSA) is 51.8 Å². The third-order valence-corrected chi connectivity index (χ3v) is 8.72. The smallest absolute Gasteiger partial charge is 0.164 e. The van der Waals surface area contributed by atoms with E-state index in [1.54, 1.807) is 0 Å². The maximum absolute atomic E-state index is 6.35. The SMILES string of the molecule is c1ccc(-c2ccc3cc(-c4nc(-c5ccccc5)nc(-c5cccc6oc7ccc(-c8ccccc8)cc7c56)n4)ccc3c2)cc1. The summed E-state index contributed by atoms with van der Waals surface area (Å²) in [7, 11) is 0. The highest BCUT2D eigenvalue weighted by Gasteiger charge is 2.18. The lowest BCUT2D eigenvalue weighted by Crippen LogP contribution is -2.00. The van der Waals surface area contributed by atoms with Crippen LogP contribution >= 0.6 is 0 Å². The first-order valence-corrected chi connectivity index (χ1v) is 15.7. The van der Waals surface area contributed by atoms with Gasteiger partial charge in [-0.15, -0.1) is 0 Å². The minimum Gasteiger partial charge on any atom is -0.456 e. The highest BCUT2D eigenvalue weighted by atomic mass is 16.3. The summed E-state index contributed by atoms with van der Waals surface area (Å²) in [6.07, 6.45) is 0. The number of hydrogen-bond donors (Lipinski definition) is 0. The van der Waals surface area contributed by atoms with Crippen LogP contribution in [-0.4, -0.2) is 15.0 Å². The number of hydrogen-bond acceptors (Lipinski definition) is 4. The van der Waals surface area contributed by atoms with Gasteiger partial charge in [-0.05, 0) is 63.4 Å². The summed E-state index contributed by atoms with van der Waals surface area (Å²) >= 11 is 0. The number of aromatic nitrogens is 3. The molecule has 7 aromatic carbocycles. The van der Waals surface area contributed by atoms with Crippen LogP contribution in [0.15, 0.2) is 168 Å². The number of fused-ring (bicyclic) bond motifs is 4. The van der Waals surface area contributed by atoms with Crippen molar-refractivity contribution in [3.8, 4) is 56.4 Å². The van der Waals surface area contributed by atoms with E-state index in [0.717, 1.165) is 60.5 Å². The molecule has 0 unspecified atom stereocenters. The maximum Gasteiger partial charge on any atom is 0.164 e. The Balaban J connectivity index is 1.22. The van der Waals surface area contributed by atoms with Gasteiger partial charge in [-0.1, -0.05) is 133 Å². The van der Waals surface area contributed by atoms with E-state index in [1.165, 1.54) is 11.1 Å². The van der Waals surface area contributed by atoms with Crippen molar-refractivity contribution < 1.29 is 4.42 Å². The summed E-state index contributed by atoms with van der Waals surface area (Å²) < 4.78 is 6.35. The summed E-state index contributed by atoms with van der Waals surface area (Å²) in [5, 5.41) is 4.31. The molecule has 0 N–H and O–H groups in total. The third kappa shape index (κ3) is 4.93. The molecule has 0 aliphatic carbocycles. The van der Waals surface area contributed by atoms with Crippen LogP contribution in [0.3, 0.4) is 0 Å². The Labute approximate surface area is 271 Å². The first-order chi connectivity index (χ1) is 23.3. The zero-order valence-electron chi connectivity index (χ0n) is 25.3. The molecule has 0 radical (unpaired) electrons. The molecule has 0 amide bonds. The Hall–Kier alpha value is -6.39. The fourth-order valence-corrected chi connectivity index (χ4v) is 6.36. The molecule has 0 bridgehead atoms. The van der Waals surface area contributed by atoms with Crippen molar-refractivity contribution >= 4 is 32.7 Å². The van der Waals surface area contributed by atoms with Crippen LogP contribution in [0.4, 0.5) is 0 Å². The Kier molecular flexibility index (Phi) is 6.43. The molecule has 0 atom stereocenters. The Morgan fingerprint density at radius 3 is 1.55 bits per heavy atom. The van der Waals surface area contributed by atoms with Crippen molar-refractivity contribution in [2.75, 3.05) is 0 Å². The van der Waals surface area contributed by atoms with Crippen LogP contribution in [0.2, 0.25) is 0 Å². The van der Waals surface area contributed by atoms with Gasteiger partial charge in [0.05, 0.1) is 0 Å². The van der Waals surface area contributed by atoms with Gasteiger partial charge in [0.1, 0.15) is 11.2 Å². The van der Waals surface area contributed by atoms with Crippen molar-refractivity contribution in [2.45, 2.75) is 0 Å². The van der Waals surface area contributed by atoms with E-state index in [9.17, 15) is 0 Å². The Morgan fingerprint density at radius 1 is 0.340 bits per heavy atom. The fraction of sp³-hybridized carbons (Fsp3) is 0. The van der Waals surface area contributed by atoms with E-state index in [1.807, 2.05) is 60.7 Å². The highest BCUT2D eigenvalue weighted by Crippen LogP contribution is 2.38. The molecule has 0 spiro atoms. The minimum atomic E-state index is 0.604. The summed E-state index contributed by atoms with van der Waals surface area (Å²) in [5.41, 5.74) is 9.06. The van der Waals surface area contributed by atoms with Crippen molar-refractivity contribution in [2.24, 2.45) is 0 Å². The van der Waals surface area contributed by atoms with Gasteiger partial charge in [0.25, 0.3) is 0 Å². The molecular formula is C43H27N3O. The average Bonchev–Trinajstić information content (AvgIpc) is 3.53. The highest BCUT2D eigenvalue weighted by molar-refractivity contribution is 6.12. The van der Waals surface area contributed by atoms with E-state index in [4.69, 9.17) is 19.4 Å². The number of furan rings is 1. The second kappa shape index (κ2) is 11.2. The molecule has 2 aromatic heterocycles. The van der Waals surface area contributed by atoms with Gasteiger partial charge in [0.2, 0.25) is 0 Å². The fourth-order valence-electron chi connectivity index (χ4n) is 6.36. The molecule has 0 aliphatic rings. The van der Waals surface area contributed by atoms with Crippen molar-refractivity contribution in [1.82, 2.24) is 15.0 Å². The van der Waals surface area contributed by atoms with Crippen molar-refractivity contribution in [1.29, 1.82) is 0 Å². The lowest BCUT2D eigenvalue weighted by atomic mass is 9.99. The number of nitrogens with zero attached hydrogens (tertiary/aromatic N) is 3. The minimum absolute atomic E-state index is 0.604. The normalized spacial score (nSPS) is 11.4.